The third-order valence-corrected chi connectivity index (χ3v) is 4.57. The Morgan fingerprint density at radius 1 is 0.786 bits per heavy atom. The Balaban J connectivity index is 0.000000263. The van der Waals surface area contributed by atoms with Gasteiger partial charge in [0.15, 0.2) is 24.8 Å². The third kappa shape index (κ3) is 13.7. The van der Waals surface area contributed by atoms with Crippen LogP contribution >= 0.6 is 7.60 Å². The van der Waals surface area contributed by atoms with Crippen LogP contribution in [0.25, 0.3) is 0 Å². The molecule has 0 spiro atoms. The van der Waals surface area contributed by atoms with E-state index in [-0.39, 0.29) is 0 Å². The summed E-state index contributed by atoms with van der Waals surface area (Å²) in [4.78, 5) is 26.2. The molecule has 0 amide bonds. The molecule has 2 N–H and O–H groups in total. The third-order valence-electron chi connectivity index (χ3n) is 2.79. The summed E-state index contributed by atoms with van der Waals surface area (Å²) in [6.07, 6.45) is 6.15. The van der Waals surface area contributed by atoms with Crippen LogP contribution in [-0.2, 0) is 24.6 Å². The first-order valence-electron chi connectivity index (χ1n) is 8.03. The largest absolute Gasteiger partial charge is 0.809 e. The van der Waals surface area contributed by atoms with E-state index in [9.17, 15) is 22.8 Å². The predicted octanol–water partition coefficient (Wildman–Crippen LogP) is 0.406. The van der Waals surface area contributed by atoms with Crippen molar-refractivity contribution in [1.82, 2.24) is 0 Å². The van der Waals surface area contributed by atoms with Crippen LogP contribution in [0.15, 0.2) is 91.5 Å². The lowest BCUT2D eigenvalue weighted by Gasteiger charge is -2.28. The quantitative estimate of drug-likeness (QED) is 0.430. The van der Waals surface area contributed by atoms with E-state index in [1.54, 1.807) is 30.3 Å². The number of hydrogen-bond acceptors (Lipinski definition) is 6. The van der Waals surface area contributed by atoms with Crippen LogP contribution in [0, 0.1) is 0 Å². The fourth-order valence-electron chi connectivity index (χ4n) is 1.65. The van der Waals surface area contributed by atoms with Gasteiger partial charge in [0.05, 0.1) is 6.35 Å². The molecule has 2 aromatic heterocycles. The predicted molar refractivity (Wildman–Crippen MR) is 98.6 cm³/mol. The first kappa shape index (κ1) is 23.6. The topological polar surface area (TPSA) is 135 Å². The van der Waals surface area contributed by atoms with E-state index in [0.29, 0.717) is 5.56 Å². The summed E-state index contributed by atoms with van der Waals surface area (Å²) < 4.78 is 36.7. The van der Waals surface area contributed by atoms with Gasteiger partial charge in [0.25, 0.3) is 10.1 Å². The number of hydrogen-bond donors (Lipinski definition) is 0. The number of aromatic nitrogens is 2. The first-order valence-corrected chi connectivity index (χ1v) is 11.3. The average molecular weight is 424 g/mol. The fourth-order valence-corrected chi connectivity index (χ4v) is 3.49. The monoisotopic (exact) mass is 424 g/mol. The fraction of sp³-hybridized carbons (Fsp3) is 0.111. The summed E-state index contributed by atoms with van der Waals surface area (Å²) in [6.45, 7) is 0. The molecule has 0 fully saturated rings. The van der Waals surface area contributed by atoms with Gasteiger partial charge in [-0.3, -0.25) is 4.18 Å². The van der Waals surface area contributed by atoms with Crippen LogP contribution in [0.5, 0.6) is 0 Å². The summed E-state index contributed by atoms with van der Waals surface area (Å²) in [5.74, 6) is -0.464. The van der Waals surface area contributed by atoms with Gasteiger partial charge in [-0.2, -0.15) is 8.42 Å². The highest BCUT2D eigenvalue weighted by Crippen LogP contribution is 2.24. The highest BCUT2D eigenvalue weighted by molar-refractivity contribution is 7.86. The number of benzene rings is 1. The molecule has 3 rings (SSSR count). The van der Waals surface area contributed by atoms with Crippen molar-refractivity contribution in [2.24, 2.45) is 0 Å². The van der Waals surface area contributed by atoms with Crippen molar-refractivity contribution in [3.8, 4) is 0 Å². The van der Waals surface area contributed by atoms with Crippen molar-refractivity contribution in [3.05, 3.63) is 97.1 Å². The SMILES string of the molecule is O=P([O-])([O-])COS(=O)(=O)Cc1ccccc1.c1cc[nH+]cc1.c1cc[nH+]cc1. The second kappa shape index (κ2) is 12.9. The molecule has 0 unspecified atom stereocenters. The van der Waals surface area contributed by atoms with Gasteiger partial charge in [-0.25, -0.2) is 9.97 Å². The summed E-state index contributed by atoms with van der Waals surface area (Å²) in [5.41, 5.74) is 0.453. The van der Waals surface area contributed by atoms with E-state index in [2.05, 4.69) is 14.2 Å². The standard InChI is InChI=1S/C8H11O6PS.2C5H5N/c9-15(10,11)7-14-16(12,13)6-8-4-2-1-3-5-8;2*1-2-4-6-5-3-1/h1-5H,6-7H2,(H2,9,10,11);2*1-5H. The minimum Gasteiger partial charge on any atom is -0.809 e. The van der Waals surface area contributed by atoms with Crippen LogP contribution < -0.4 is 19.8 Å². The maximum absolute atomic E-state index is 11.2. The van der Waals surface area contributed by atoms with Gasteiger partial charge in [0, 0.05) is 24.3 Å². The van der Waals surface area contributed by atoms with Crippen molar-refractivity contribution >= 4 is 17.7 Å². The summed E-state index contributed by atoms with van der Waals surface area (Å²) in [5, 5.41) is 0. The number of nitrogens with one attached hydrogen (secondary N) is 2. The molecule has 10 heteroatoms. The molecular weight excluding hydrogens is 403 g/mol. The molecule has 0 aliphatic carbocycles. The number of pyridine rings is 2. The lowest BCUT2D eigenvalue weighted by molar-refractivity contribution is -0.378. The maximum Gasteiger partial charge on any atom is 0.271 e. The minimum absolute atomic E-state index is 0.453. The van der Waals surface area contributed by atoms with E-state index in [4.69, 9.17) is 0 Å². The van der Waals surface area contributed by atoms with E-state index in [1.807, 2.05) is 61.2 Å². The smallest absolute Gasteiger partial charge is 0.271 e. The Morgan fingerprint density at radius 3 is 1.54 bits per heavy atom. The number of rotatable bonds is 5. The Kier molecular flexibility index (Phi) is 10.9. The Morgan fingerprint density at radius 2 is 1.21 bits per heavy atom. The van der Waals surface area contributed by atoms with E-state index >= 15 is 0 Å². The molecule has 0 atom stereocenters. The zero-order valence-electron chi connectivity index (χ0n) is 14.9. The van der Waals surface area contributed by atoms with Crippen molar-refractivity contribution in [1.29, 1.82) is 0 Å². The zero-order valence-corrected chi connectivity index (χ0v) is 16.6. The molecule has 150 valence electrons. The molecule has 0 radical (unpaired) electrons. The van der Waals surface area contributed by atoms with E-state index in [0.717, 1.165) is 0 Å². The summed E-state index contributed by atoms with van der Waals surface area (Å²) in [6, 6.07) is 19.8. The first-order chi connectivity index (χ1) is 13.3. The van der Waals surface area contributed by atoms with Crippen molar-refractivity contribution < 1.29 is 36.9 Å². The van der Waals surface area contributed by atoms with Gasteiger partial charge < -0.3 is 14.4 Å². The normalized spacial score (nSPS) is 10.6. The molecule has 1 aromatic carbocycles. The van der Waals surface area contributed by atoms with Gasteiger partial charge in [0.2, 0.25) is 0 Å². The van der Waals surface area contributed by atoms with E-state index < -0.39 is 29.8 Å². The Bertz CT molecular complexity index is 822. The minimum atomic E-state index is -4.97. The van der Waals surface area contributed by atoms with Crippen molar-refractivity contribution in [3.63, 3.8) is 0 Å². The Labute approximate surface area is 164 Å². The highest BCUT2D eigenvalue weighted by atomic mass is 32.2. The lowest BCUT2D eigenvalue weighted by Crippen LogP contribution is -2.21. The van der Waals surface area contributed by atoms with Gasteiger partial charge in [-0.1, -0.05) is 42.5 Å². The molecular formula is C18H21N2O6PS. The van der Waals surface area contributed by atoms with Gasteiger partial charge in [-0.05, 0) is 13.2 Å². The van der Waals surface area contributed by atoms with Gasteiger partial charge in [-0.15, -0.1) is 0 Å². The molecule has 8 nitrogen and oxygen atoms in total. The van der Waals surface area contributed by atoms with Crippen LogP contribution in [0.2, 0.25) is 0 Å². The summed E-state index contributed by atoms with van der Waals surface area (Å²) >= 11 is 0. The molecule has 28 heavy (non-hydrogen) atoms. The summed E-state index contributed by atoms with van der Waals surface area (Å²) in [7, 11) is -9.01. The molecule has 2 heterocycles. The van der Waals surface area contributed by atoms with Gasteiger partial charge >= 0.3 is 0 Å². The van der Waals surface area contributed by atoms with Crippen molar-refractivity contribution in [2.45, 2.75) is 5.75 Å². The lowest BCUT2D eigenvalue weighted by atomic mass is 10.2. The van der Waals surface area contributed by atoms with Crippen LogP contribution in [0.1, 0.15) is 5.56 Å². The molecule has 0 saturated heterocycles. The number of aromatic amines is 2. The van der Waals surface area contributed by atoms with Crippen LogP contribution in [0.4, 0.5) is 0 Å². The second-order valence-electron chi connectivity index (χ2n) is 5.20. The maximum atomic E-state index is 11.2. The molecule has 0 aliphatic rings. The molecule has 0 saturated carbocycles. The highest BCUT2D eigenvalue weighted by Gasteiger charge is 2.12. The van der Waals surface area contributed by atoms with Gasteiger partial charge in [0.1, 0.15) is 5.75 Å². The number of H-pyrrole nitrogens is 2. The van der Waals surface area contributed by atoms with E-state index in [1.165, 1.54) is 0 Å². The second-order valence-corrected chi connectivity index (χ2v) is 8.32. The van der Waals surface area contributed by atoms with Crippen LogP contribution in [0.3, 0.4) is 0 Å². The van der Waals surface area contributed by atoms with Crippen molar-refractivity contribution in [2.75, 3.05) is 6.35 Å². The molecule has 0 bridgehead atoms. The van der Waals surface area contributed by atoms with Crippen LogP contribution in [-0.4, -0.2) is 14.8 Å². The average Bonchev–Trinajstić information content (AvgIpc) is 2.70. The zero-order chi connectivity index (χ0) is 20.7. The Hall–Kier alpha value is -2.42. The molecule has 0 aliphatic heterocycles. The molecule has 3 aromatic rings.